The van der Waals surface area contributed by atoms with Crippen LogP contribution in [0.25, 0.3) is 0 Å². The average Bonchev–Trinajstić information content (AvgIpc) is 2.58. The molecule has 0 aliphatic carbocycles. The number of aromatic nitrogens is 1. The van der Waals surface area contributed by atoms with E-state index in [1.54, 1.807) is 19.3 Å². The second-order valence-corrected chi connectivity index (χ2v) is 5.24. The van der Waals surface area contributed by atoms with Crippen molar-refractivity contribution in [1.82, 2.24) is 4.98 Å². The van der Waals surface area contributed by atoms with Gasteiger partial charge in [-0.15, -0.1) is 0 Å². The van der Waals surface area contributed by atoms with Crippen LogP contribution in [-0.2, 0) is 6.61 Å². The maximum atomic E-state index is 10.1. The maximum Gasteiger partial charge on any atom is 0.145 e. The highest BCUT2D eigenvalue weighted by Gasteiger charge is 2.09. The molecule has 0 saturated heterocycles. The van der Waals surface area contributed by atoms with Crippen LogP contribution in [0.2, 0.25) is 0 Å². The van der Waals surface area contributed by atoms with E-state index in [4.69, 9.17) is 0 Å². The van der Waals surface area contributed by atoms with Gasteiger partial charge in [-0.05, 0) is 45.0 Å². The molecule has 23 heavy (non-hydrogen) atoms. The summed E-state index contributed by atoms with van der Waals surface area (Å²) in [7, 11) is 0. The summed E-state index contributed by atoms with van der Waals surface area (Å²) in [5.41, 5.74) is 3.52. The number of hydrogen-bond donors (Lipinski definition) is 2. The largest absolute Gasteiger partial charge is 0.505 e. The Morgan fingerprint density at radius 3 is 2.39 bits per heavy atom. The van der Waals surface area contributed by atoms with E-state index in [9.17, 15) is 10.2 Å². The molecule has 0 aliphatic heterocycles. The Labute approximate surface area is 137 Å². The number of nitrogens with zero attached hydrogens (tertiary/aromatic N) is 3. The Morgan fingerprint density at radius 1 is 1.17 bits per heavy atom. The summed E-state index contributed by atoms with van der Waals surface area (Å²) in [4.78, 5) is 10.7. The van der Waals surface area contributed by atoms with Crippen molar-refractivity contribution in [3.8, 4) is 5.75 Å². The molecule has 0 bridgehead atoms. The lowest BCUT2D eigenvalue weighted by molar-refractivity contribution is 0.280. The molecule has 5 nitrogen and oxygen atoms in total. The first-order valence-corrected chi connectivity index (χ1v) is 7.78. The summed E-state index contributed by atoms with van der Waals surface area (Å²) in [5.74, 6) is 0.0556. The van der Waals surface area contributed by atoms with Crippen molar-refractivity contribution in [3.63, 3.8) is 0 Å². The van der Waals surface area contributed by atoms with Crippen molar-refractivity contribution in [2.24, 2.45) is 4.99 Å². The van der Waals surface area contributed by atoms with Gasteiger partial charge in [-0.1, -0.05) is 0 Å². The third-order valence-electron chi connectivity index (χ3n) is 3.85. The van der Waals surface area contributed by atoms with Gasteiger partial charge in [0.25, 0.3) is 0 Å². The van der Waals surface area contributed by atoms with Gasteiger partial charge >= 0.3 is 0 Å². The first-order valence-electron chi connectivity index (χ1n) is 7.78. The van der Waals surface area contributed by atoms with Gasteiger partial charge in [0.15, 0.2) is 0 Å². The number of benzene rings is 1. The Kier molecular flexibility index (Phi) is 5.71. The predicted molar refractivity (Wildman–Crippen MR) is 93.8 cm³/mol. The molecule has 1 heterocycles. The molecule has 0 amide bonds. The van der Waals surface area contributed by atoms with E-state index in [-0.39, 0.29) is 12.4 Å². The summed E-state index contributed by atoms with van der Waals surface area (Å²) in [6, 6.07) is 7.94. The normalized spacial score (nSPS) is 11.1. The molecule has 1 aromatic heterocycles. The smallest absolute Gasteiger partial charge is 0.145 e. The van der Waals surface area contributed by atoms with Crippen molar-refractivity contribution in [1.29, 1.82) is 0 Å². The zero-order valence-corrected chi connectivity index (χ0v) is 13.8. The van der Waals surface area contributed by atoms with Gasteiger partial charge in [0, 0.05) is 42.3 Å². The summed E-state index contributed by atoms with van der Waals surface area (Å²) < 4.78 is 0. The van der Waals surface area contributed by atoms with Crippen LogP contribution in [0, 0.1) is 6.92 Å². The third-order valence-corrected chi connectivity index (χ3v) is 3.85. The number of aliphatic hydroxyl groups is 1. The lowest BCUT2D eigenvalue weighted by Crippen LogP contribution is -2.21. The highest BCUT2D eigenvalue weighted by atomic mass is 16.3. The fourth-order valence-corrected chi connectivity index (χ4v) is 2.40. The molecule has 2 rings (SSSR count). The molecule has 0 aliphatic rings. The second kappa shape index (κ2) is 7.74. The number of aliphatic hydroxyl groups excluding tert-OH is 1. The fraction of sp³-hybridized carbons (Fsp3) is 0.333. The maximum absolute atomic E-state index is 10.1. The van der Waals surface area contributed by atoms with Crippen LogP contribution >= 0.6 is 0 Å². The molecule has 0 atom stereocenters. The Balaban J connectivity index is 2.26. The van der Waals surface area contributed by atoms with Crippen molar-refractivity contribution < 1.29 is 10.2 Å². The number of pyridine rings is 1. The Bertz CT molecular complexity index is 677. The number of aromatic hydroxyl groups is 1. The molecule has 0 fully saturated rings. The minimum Gasteiger partial charge on any atom is -0.505 e. The van der Waals surface area contributed by atoms with Gasteiger partial charge in [-0.2, -0.15) is 0 Å². The first kappa shape index (κ1) is 17.0. The van der Waals surface area contributed by atoms with Crippen LogP contribution in [0.5, 0.6) is 5.75 Å². The summed E-state index contributed by atoms with van der Waals surface area (Å²) in [6.07, 6.45) is 3.13. The molecule has 122 valence electrons. The molecule has 0 saturated carbocycles. The minimum absolute atomic E-state index is 0.0556. The van der Waals surface area contributed by atoms with Gasteiger partial charge in [-0.25, -0.2) is 0 Å². The Hall–Kier alpha value is -2.40. The van der Waals surface area contributed by atoms with E-state index < -0.39 is 0 Å². The van der Waals surface area contributed by atoms with Gasteiger partial charge < -0.3 is 15.1 Å². The number of aryl methyl sites for hydroxylation is 1. The number of rotatable bonds is 6. The fourth-order valence-electron chi connectivity index (χ4n) is 2.40. The highest BCUT2D eigenvalue weighted by Crippen LogP contribution is 2.24. The molecule has 0 spiro atoms. The van der Waals surface area contributed by atoms with E-state index >= 15 is 0 Å². The molecule has 5 heteroatoms. The SMILES string of the molecule is CCN(CC)c1ccc(N=Cc2c(CO)cnc(C)c2O)cc1. The predicted octanol–water partition coefficient (Wildman–Crippen LogP) is 3.18. The van der Waals surface area contributed by atoms with E-state index in [0.29, 0.717) is 16.8 Å². The van der Waals surface area contributed by atoms with Crippen molar-refractivity contribution in [2.45, 2.75) is 27.4 Å². The average molecular weight is 313 g/mol. The van der Waals surface area contributed by atoms with Gasteiger partial charge in [-0.3, -0.25) is 9.98 Å². The number of aliphatic imine (C=N–C) groups is 1. The molecule has 2 aromatic rings. The molecular weight excluding hydrogens is 290 g/mol. The van der Waals surface area contributed by atoms with E-state index in [2.05, 4.69) is 28.7 Å². The second-order valence-electron chi connectivity index (χ2n) is 5.24. The summed E-state index contributed by atoms with van der Waals surface area (Å²) in [6.45, 7) is 7.70. The van der Waals surface area contributed by atoms with Crippen LogP contribution in [-0.4, -0.2) is 34.5 Å². The van der Waals surface area contributed by atoms with Crippen LogP contribution in [0.4, 0.5) is 11.4 Å². The third kappa shape index (κ3) is 3.87. The molecule has 0 unspecified atom stereocenters. The number of anilines is 1. The van der Waals surface area contributed by atoms with E-state index in [1.165, 1.54) is 0 Å². The van der Waals surface area contributed by atoms with Gasteiger partial charge in [0.05, 0.1) is 18.0 Å². The zero-order chi connectivity index (χ0) is 16.8. The molecule has 1 aromatic carbocycles. The lowest BCUT2D eigenvalue weighted by atomic mass is 10.1. The number of hydrogen-bond acceptors (Lipinski definition) is 5. The summed E-state index contributed by atoms with van der Waals surface area (Å²) in [5, 5.41) is 19.5. The molecular formula is C18H23N3O2. The van der Waals surface area contributed by atoms with Crippen LogP contribution < -0.4 is 4.90 Å². The van der Waals surface area contributed by atoms with Gasteiger partial charge in [0.2, 0.25) is 0 Å². The lowest BCUT2D eigenvalue weighted by Gasteiger charge is -2.20. The standard InChI is InChI=1S/C18H23N3O2/c1-4-21(5-2)16-8-6-15(7-9-16)20-11-17-14(12-22)10-19-13(3)18(17)23/h6-11,22-23H,4-5,12H2,1-3H3. The Morgan fingerprint density at radius 2 is 1.83 bits per heavy atom. The van der Waals surface area contributed by atoms with E-state index in [1.807, 2.05) is 24.3 Å². The minimum atomic E-state index is -0.191. The summed E-state index contributed by atoms with van der Waals surface area (Å²) >= 11 is 0. The van der Waals surface area contributed by atoms with Crippen LogP contribution in [0.1, 0.15) is 30.7 Å². The molecule has 2 N–H and O–H groups in total. The van der Waals surface area contributed by atoms with Crippen LogP contribution in [0.15, 0.2) is 35.5 Å². The quantitative estimate of drug-likeness (QED) is 0.804. The van der Waals surface area contributed by atoms with Crippen LogP contribution in [0.3, 0.4) is 0 Å². The highest BCUT2D eigenvalue weighted by molar-refractivity contribution is 5.87. The monoisotopic (exact) mass is 313 g/mol. The zero-order valence-electron chi connectivity index (χ0n) is 13.8. The topological polar surface area (TPSA) is 69.0 Å². The van der Waals surface area contributed by atoms with E-state index in [0.717, 1.165) is 24.5 Å². The first-order chi connectivity index (χ1) is 11.1. The van der Waals surface area contributed by atoms with Crippen molar-refractivity contribution in [2.75, 3.05) is 18.0 Å². The molecule has 0 radical (unpaired) electrons. The van der Waals surface area contributed by atoms with Crippen molar-refractivity contribution >= 4 is 17.6 Å². The van der Waals surface area contributed by atoms with Gasteiger partial charge in [0.1, 0.15) is 5.75 Å². The van der Waals surface area contributed by atoms with Crippen molar-refractivity contribution in [3.05, 3.63) is 47.3 Å².